The highest BCUT2D eigenvalue weighted by Gasteiger charge is 2.30. The molecular formula is C21H28N2O3S. The minimum atomic E-state index is -3.63. The van der Waals surface area contributed by atoms with Crippen LogP contribution in [0.3, 0.4) is 0 Å². The van der Waals surface area contributed by atoms with Gasteiger partial charge in [-0.3, -0.25) is 9.10 Å². The van der Waals surface area contributed by atoms with Crippen LogP contribution in [0.15, 0.2) is 42.5 Å². The third kappa shape index (κ3) is 5.32. The Morgan fingerprint density at radius 2 is 1.44 bits per heavy atom. The van der Waals surface area contributed by atoms with Crippen molar-refractivity contribution in [2.75, 3.05) is 10.6 Å². The number of benzene rings is 2. The van der Waals surface area contributed by atoms with E-state index in [1.807, 2.05) is 58.0 Å². The average molecular weight is 389 g/mol. The summed E-state index contributed by atoms with van der Waals surface area (Å²) in [5.74, 6) is -0.340. The standard InChI is InChI=1S/C21H28N2O3S/c1-14-7-9-19(10-8-14)17(4)22-21(24)18(5)23(27(6,25)26)20-12-15(2)11-16(3)13-20/h7-13,17-18H,1-6H3,(H,22,24)/t17-,18+/m0/s1. The van der Waals surface area contributed by atoms with Crippen LogP contribution in [0.1, 0.15) is 42.1 Å². The van der Waals surface area contributed by atoms with Crippen molar-refractivity contribution in [1.29, 1.82) is 0 Å². The van der Waals surface area contributed by atoms with E-state index in [9.17, 15) is 13.2 Å². The molecule has 0 spiro atoms. The zero-order valence-electron chi connectivity index (χ0n) is 16.8. The van der Waals surface area contributed by atoms with Crippen molar-refractivity contribution in [2.45, 2.75) is 46.7 Å². The molecular weight excluding hydrogens is 360 g/mol. The number of carbonyl (C=O) groups is 1. The van der Waals surface area contributed by atoms with Crippen LogP contribution in [0.25, 0.3) is 0 Å². The summed E-state index contributed by atoms with van der Waals surface area (Å²) < 4.78 is 26.1. The second-order valence-electron chi connectivity index (χ2n) is 7.22. The van der Waals surface area contributed by atoms with Gasteiger partial charge in [-0.25, -0.2) is 8.42 Å². The van der Waals surface area contributed by atoms with Gasteiger partial charge in [-0.1, -0.05) is 35.9 Å². The van der Waals surface area contributed by atoms with Gasteiger partial charge >= 0.3 is 0 Å². The van der Waals surface area contributed by atoms with Gasteiger partial charge in [0.15, 0.2) is 0 Å². The number of hydrogen-bond acceptors (Lipinski definition) is 3. The lowest BCUT2D eigenvalue weighted by molar-refractivity contribution is -0.122. The van der Waals surface area contributed by atoms with Crippen LogP contribution < -0.4 is 9.62 Å². The SMILES string of the molecule is Cc1ccc([C@H](C)NC(=O)[C@@H](C)N(c2cc(C)cc(C)c2)S(C)(=O)=O)cc1. The van der Waals surface area contributed by atoms with Gasteiger partial charge in [0.2, 0.25) is 15.9 Å². The molecule has 27 heavy (non-hydrogen) atoms. The summed E-state index contributed by atoms with van der Waals surface area (Å²) in [5.41, 5.74) is 4.50. The number of carbonyl (C=O) groups excluding carboxylic acids is 1. The molecule has 2 aromatic rings. The molecule has 0 saturated carbocycles. The Morgan fingerprint density at radius 1 is 0.926 bits per heavy atom. The largest absolute Gasteiger partial charge is 0.348 e. The maximum absolute atomic E-state index is 12.8. The molecule has 2 rings (SSSR count). The molecule has 5 nitrogen and oxygen atoms in total. The summed E-state index contributed by atoms with van der Waals surface area (Å²) in [5, 5.41) is 2.92. The first-order valence-electron chi connectivity index (χ1n) is 8.93. The maximum atomic E-state index is 12.8. The Labute approximate surface area is 162 Å². The molecule has 1 amide bonds. The van der Waals surface area contributed by atoms with Crippen molar-refractivity contribution in [2.24, 2.45) is 0 Å². The average Bonchev–Trinajstić information content (AvgIpc) is 2.53. The lowest BCUT2D eigenvalue weighted by atomic mass is 10.1. The number of rotatable bonds is 6. The Hall–Kier alpha value is -2.34. The van der Waals surface area contributed by atoms with Crippen LogP contribution in [0.4, 0.5) is 5.69 Å². The van der Waals surface area contributed by atoms with Crippen molar-refractivity contribution in [1.82, 2.24) is 5.32 Å². The van der Waals surface area contributed by atoms with E-state index in [2.05, 4.69) is 5.32 Å². The Morgan fingerprint density at radius 3 is 1.93 bits per heavy atom. The number of amides is 1. The first-order chi connectivity index (χ1) is 12.5. The van der Waals surface area contributed by atoms with Crippen molar-refractivity contribution in [3.05, 3.63) is 64.7 Å². The number of aryl methyl sites for hydroxylation is 3. The molecule has 0 aromatic heterocycles. The van der Waals surface area contributed by atoms with E-state index in [0.29, 0.717) is 5.69 Å². The van der Waals surface area contributed by atoms with E-state index in [1.54, 1.807) is 19.1 Å². The highest BCUT2D eigenvalue weighted by atomic mass is 32.2. The summed E-state index contributed by atoms with van der Waals surface area (Å²) in [6.45, 7) is 9.30. The quantitative estimate of drug-likeness (QED) is 0.821. The number of nitrogens with zero attached hydrogens (tertiary/aromatic N) is 1. The second-order valence-corrected chi connectivity index (χ2v) is 9.08. The van der Waals surface area contributed by atoms with E-state index in [1.165, 1.54) is 4.31 Å². The molecule has 0 unspecified atom stereocenters. The van der Waals surface area contributed by atoms with Crippen molar-refractivity contribution >= 4 is 21.6 Å². The van der Waals surface area contributed by atoms with E-state index in [-0.39, 0.29) is 11.9 Å². The monoisotopic (exact) mass is 388 g/mol. The Bertz CT molecular complexity index is 901. The summed E-state index contributed by atoms with van der Waals surface area (Å²) in [6.07, 6.45) is 1.12. The number of anilines is 1. The predicted molar refractivity (Wildman–Crippen MR) is 110 cm³/mol. The molecule has 1 N–H and O–H groups in total. The highest BCUT2D eigenvalue weighted by Crippen LogP contribution is 2.24. The van der Waals surface area contributed by atoms with Gasteiger partial charge in [-0.15, -0.1) is 0 Å². The third-order valence-electron chi connectivity index (χ3n) is 4.49. The first kappa shape index (κ1) is 21.0. The van der Waals surface area contributed by atoms with Gasteiger partial charge in [-0.05, 0) is 63.4 Å². The molecule has 0 aliphatic rings. The van der Waals surface area contributed by atoms with Crippen LogP contribution in [-0.4, -0.2) is 26.6 Å². The lowest BCUT2D eigenvalue weighted by Crippen LogP contribution is -2.48. The zero-order chi connectivity index (χ0) is 20.4. The topological polar surface area (TPSA) is 66.5 Å². The maximum Gasteiger partial charge on any atom is 0.244 e. The van der Waals surface area contributed by atoms with Gasteiger partial charge in [0.1, 0.15) is 6.04 Å². The molecule has 0 aliphatic carbocycles. The molecule has 2 aromatic carbocycles. The molecule has 0 aliphatic heterocycles. The fourth-order valence-electron chi connectivity index (χ4n) is 3.16. The summed E-state index contributed by atoms with van der Waals surface area (Å²) >= 11 is 0. The predicted octanol–water partition coefficient (Wildman–Crippen LogP) is 3.64. The van der Waals surface area contributed by atoms with Gasteiger partial charge in [0, 0.05) is 0 Å². The highest BCUT2D eigenvalue weighted by molar-refractivity contribution is 7.92. The van der Waals surface area contributed by atoms with E-state index in [0.717, 1.165) is 28.5 Å². The normalized spacial score (nSPS) is 13.7. The van der Waals surface area contributed by atoms with Gasteiger partial charge < -0.3 is 5.32 Å². The van der Waals surface area contributed by atoms with Gasteiger partial charge in [-0.2, -0.15) is 0 Å². The molecule has 0 radical (unpaired) electrons. The molecule has 0 bridgehead atoms. The molecule has 6 heteroatoms. The van der Waals surface area contributed by atoms with Crippen molar-refractivity contribution in [3.63, 3.8) is 0 Å². The smallest absolute Gasteiger partial charge is 0.244 e. The van der Waals surface area contributed by atoms with Crippen LogP contribution in [0.2, 0.25) is 0 Å². The first-order valence-corrected chi connectivity index (χ1v) is 10.8. The van der Waals surface area contributed by atoms with E-state index in [4.69, 9.17) is 0 Å². The number of nitrogens with one attached hydrogen (secondary N) is 1. The Balaban J connectivity index is 2.28. The molecule has 0 fully saturated rings. The fraction of sp³-hybridized carbons (Fsp3) is 0.381. The molecule has 146 valence electrons. The zero-order valence-corrected chi connectivity index (χ0v) is 17.6. The minimum absolute atomic E-state index is 0.221. The summed E-state index contributed by atoms with van der Waals surface area (Å²) in [6, 6.07) is 12.3. The number of hydrogen-bond donors (Lipinski definition) is 1. The van der Waals surface area contributed by atoms with Crippen molar-refractivity contribution < 1.29 is 13.2 Å². The van der Waals surface area contributed by atoms with Crippen LogP contribution in [0.5, 0.6) is 0 Å². The summed E-state index contributed by atoms with van der Waals surface area (Å²) in [4.78, 5) is 12.8. The third-order valence-corrected chi connectivity index (χ3v) is 5.73. The van der Waals surface area contributed by atoms with E-state index < -0.39 is 16.1 Å². The van der Waals surface area contributed by atoms with Gasteiger partial charge in [0.25, 0.3) is 0 Å². The Kier molecular flexibility index (Phi) is 6.31. The fourth-order valence-corrected chi connectivity index (χ4v) is 4.32. The number of sulfonamides is 1. The lowest BCUT2D eigenvalue weighted by Gasteiger charge is -2.30. The summed E-state index contributed by atoms with van der Waals surface area (Å²) in [7, 11) is -3.63. The van der Waals surface area contributed by atoms with Gasteiger partial charge in [0.05, 0.1) is 18.0 Å². The van der Waals surface area contributed by atoms with E-state index >= 15 is 0 Å². The second kappa shape index (κ2) is 8.13. The minimum Gasteiger partial charge on any atom is -0.348 e. The molecule has 0 saturated heterocycles. The molecule has 0 heterocycles. The van der Waals surface area contributed by atoms with Crippen LogP contribution in [-0.2, 0) is 14.8 Å². The molecule has 2 atom stereocenters. The van der Waals surface area contributed by atoms with Crippen molar-refractivity contribution in [3.8, 4) is 0 Å². The van der Waals surface area contributed by atoms with Crippen LogP contribution >= 0.6 is 0 Å². The van der Waals surface area contributed by atoms with Crippen LogP contribution in [0, 0.1) is 20.8 Å².